The third kappa shape index (κ3) is 11.9. The van der Waals surface area contributed by atoms with Crippen molar-refractivity contribution in [2.75, 3.05) is 62.0 Å². The van der Waals surface area contributed by atoms with E-state index < -0.39 is 9.84 Å². The summed E-state index contributed by atoms with van der Waals surface area (Å²) in [6.45, 7) is 8.43. The first-order valence-electron chi connectivity index (χ1n) is 24.1. The summed E-state index contributed by atoms with van der Waals surface area (Å²) >= 11 is 6.30. The number of likely N-dealkylation sites (N-methyl/N-ethyl adjacent to an activating group) is 2. The van der Waals surface area contributed by atoms with Gasteiger partial charge in [-0.1, -0.05) is 48.7 Å². The first-order valence-corrected chi connectivity index (χ1v) is 26.5. The molecule has 1 saturated carbocycles. The molecule has 2 atom stereocenters. The number of pyridine rings is 2. The van der Waals surface area contributed by atoms with Crippen molar-refractivity contribution in [3.05, 3.63) is 94.8 Å². The smallest absolute Gasteiger partial charge is 0.213 e. The molecule has 1 aliphatic carbocycles. The normalized spacial score (nSPS) is 14.4. The fraction of sp³-hybridized carbons (Fsp3) is 0.385. The number of fused-ring (bicyclic) bond motifs is 2. The molecule has 0 amide bonds. The molecule has 8 aromatic rings. The van der Waals surface area contributed by atoms with Gasteiger partial charge in [0.2, 0.25) is 23.1 Å². The van der Waals surface area contributed by atoms with E-state index in [1.54, 1.807) is 59.6 Å². The second-order valence-electron chi connectivity index (χ2n) is 17.0. The summed E-state index contributed by atoms with van der Waals surface area (Å²) in [7, 11) is 7.10. The molecule has 0 radical (unpaired) electrons. The van der Waals surface area contributed by atoms with Crippen molar-refractivity contribution in [1.82, 2.24) is 60.1 Å². The Morgan fingerprint density at radius 2 is 1.00 bits per heavy atom. The molecule has 0 unspecified atom stereocenters. The molecule has 2 N–H and O–H groups in total. The molecule has 74 heavy (non-hydrogen) atoms. The highest BCUT2D eigenvalue weighted by atomic mass is 35.5. The van der Waals surface area contributed by atoms with Crippen LogP contribution >= 0.6 is 11.6 Å². The van der Waals surface area contributed by atoms with E-state index >= 15 is 0 Å². The predicted molar refractivity (Wildman–Crippen MR) is 286 cm³/mol. The molecule has 0 bridgehead atoms. The molecule has 0 saturated heterocycles. The van der Waals surface area contributed by atoms with Crippen LogP contribution in [0.1, 0.15) is 56.4 Å². The zero-order chi connectivity index (χ0) is 53.1. The number of nitrogens with zero attached hydrogens (tertiary/aromatic N) is 10. The van der Waals surface area contributed by atoms with Crippen LogP contribution in [0.4, 0.5) is 0 Å². The van der Waals surface area contributed by atoms with Crippen LogP contribution < -0.4 is 39.1 Å². The Bertz CT molecular complexity index is 3280. The summed E-state index contributed by atoms with van der Waals surface area (Å²) in [5, 5.41) is 23.6. The van der Waals surface area contributed by atoms with Gasteiger partial charge in [0.25, 0.3) is 0 Å². The van der Waals surface area contributed by atoms with E-state index in [-0.39, 0.29) is 5.75 Å². The van der Waals surface area contributed by atoms with Gasteiger partial charge >= 0.3 is 0 Å². The number of rotatable bonds is 16. The lowest BCUT2D eigenvalue weighted by Gasteiger charge is -2.30. The van der Waals surface area contributed by atoms with Crippen molar-refractivity contribution < 1.29 is 36.8 Å². The van der Waals surface area contributed by atoms with Gasteiger partial charge in [-0.25, -0.2) is 28.4 Å². The average Bonchev–Trinajstić information content (AvgIpc) is 4.00. The van der Waals surface area contributed by atoms with Crippen LogP contribution in [0.5, 0.6) is 34.8 Å². The van der Waals surface area contributed by atoms with Gasteiger partial charge in [0.05, 0.1) is 58.6 Å². The number of imidazole rings is 2. The molecule has 392 valence electrons. The maximum atomic E-state index is 12.0. The molecule has 6 heterocycles. The fourth-order valence-corrected chi connectivity index (χ4v) is 9.74. The Balaban J connectivity index is 0.000000183. The minimum Gasteiger partial charge on any atom is -0.494 e. The maximum absolute atomic E-state index is 12.0. The number of ether oxygens (including phenoxy) is 6. The number of methoxy groups -OCH3 is 4. The second-order valence-corrected chi connectivity index (χ2v) is 19.5. The molecule has 0 spiro atoms. The van der Waals surface area contributed by atoms with Gasteiger partial charge in [0.1, 0.15) is 51.3 Å². The summed E-state index contributed by atoms with van der Waals surface area (Å²) in [5.41, 5.74) is 6.11. The number of hydrogen-bond acceptors (Lipinski definition) is 18. The number of hydrogen-bond donors (Lipinski definition) is 2. The maximum Gasteiger partial charge on any atom is 0.213 e. The van der Waals surface area contributed by atoms with E-state index in [4.69, 9.17) is 50.0 Å². The average molecular weight is 1050 g/mol. The van der Waals surface area contributed by atoms with Gasteiger partial charge in [0, 0.05) is 41.6 Å². The summed E-state index contributed by atoms with van der Waals surface area (Å²) in [5.74, 6) is 3.95. The minimum atomic E-state index is -3.34. The van der Waals surface area contributed by atoms with Crippen molar-refractivity contribution >= 4 is 43.8 Å². The quantitative estimate of drug-likeness (QED) is 0.0931. The highest BCUT2D eigenvalue weighted by molar-refractivity contribution is 7.89. The molecule has 6 aromatic heterocycles. The summed E-state index contributed by atoms with van der Waals surface area (Å²) < 4.78 is 61.5. The van der Waals surface area contributed by atoms with Crippen LogP contribution in [0.25, 0.3) is 56.7 Å². The highest BCUT2D eigenvalue weighted by Gasteiger charge is 2.28. The minimum absolute atomic E-state index is 0.247. The second kappa shape index (κ2) is 24.7. The van der Waals surface area contributed by atoms with E-state index in [2.05, 4.69) is 55.1 Å². The van der Waals surface area contributed by atoms with E-state index in [0.717, 1.165) is 11.8 Å². The van der Waals surface area contributed by atoms with Crippen LogP contribution in [0.3, 0.4) is 0 Å². The number of sulfone groups is 1. The molecule has 2 aromatic carbocycles. The van der Waals surface area contributed by atoms with E-state index in [0.29, 0.717) is 133 Å². The number of nitrogens with one attached hydrogen (secondary N) is 2. The van der Waals surface area contributed by atoms with Gasteiger partial charge in [-0.15, -0.1) is 15.3 Å². The van der Waals surface area contributed by atoms with Crippen molar-refractivity contribution in [2.45, 2.75) is 71.2 Å². The van der Waals surface area contributed by atoms with Gasteiger partial charge in [0.15, 0.2) is 26.6 Å². The van der Waals surface area contributed by atoms with Gasteiger partial charge in [-0.3, -0.25) is 9.13 Å². The lowest BCUT2D eigenvalue weighted by molar-refractivity contribution is 0.309. The largest absolute Gasteiger partial charge is 0.494 e. The third-order valence-corrected chi connectivity index (χ3v) is 13.5. The van der Waals surface area contributed by atoms with E-state index in [1.807, 2.05) is 78.4 Å². The molecule has 9 rings (SSSR count). The first-order chi connectivity index (χ1) is 35.7. The zero-order valence-electron chi connectivity index (χ0n) is 43.6. The summed E-state index contributed by atoms with van der Waals surface area (Å²) in [4.78, 5) is 18.6. The zero-order valence-corrected chi connectivity index (χ0v) is 45.1. The van der Waals surface area contributed by atoms with Crippen LogP contribution in [0.15, 0.2) is 72.8 Å². The number of aromatic nitrogens is 10. The molecule has 1 fully saturated rings. The van der Waals surface area contributed by atoms with Crippen LogP contribution in [0, 0.1) is 13.8 Å². The Labute approximate surface area is 436 Å². The van der Waals surface area contributed by atoms with Crippen LogP contribution in [-0.2, 0) is 15.6 Å². The highest BCUT2D eigenvalue weighted by Crippen LogP contribution is 2.41. The van der Waals surface area contributed by atoms with Crippen molar-refractivity contribution in [1.29, 1.82) is 0 Å². The van der Waals surface area contributed by atoms with Crippen molar-refractivity contribution in [2.24, 2.45) is 0 Å². The topological polar surface area (TPSA) is 227 Å². The van der Waals surface area contributed by atoms with Crippen molar-refractivity contribution in [3.63, 3.8) is 0 Å². The molecular formula is C52H63ClN12O8S. The molecule has 1 aliphatic rings. The van der Waals surface area contributed by atoms with E-state index in [9.17, 15) is 8.42 Å². The van der Waals surface area contributed by atoms with Crippen LogP contribution in [-0.4, -0.2) is 132 Å². The Morgan fingerprint density at radius 1 is 0.595 bits per heavy atom. The van der Waals surface area contributed by atoms with Crippen LogP contribution in [0.2, 0.25) is 5.15 Å². The molecular weight excluding hydrogens is 988 g/mol. The van der Waals surface area contributed by atoms with E-state index in [1.165, 1.54) is 25.7 Å². The Hall–Kier alpha value is -7.20. The Morgan fingerprint density at radius 3 is 1.39 bits per heavy atom. The van der Waals surface area contributed by atoms with Gasteiger partial charge < -0.3 is 39.1 Å². The summed E-state index contributed by atoms with van der Waals surface area (Å²) in [6, 6.07) is 23.3. The summed E-state index contributed by atoms with van der Waals surface area (Å²) in [6.07, 6.45) is 6.62. The van der Waals surface area contributed by atoms with Crippen molar-refractivity contribution in [3.8, 4) is 69.2 Å². The predicted octanol–water partition coefficient (Wildman–Crippen LogP) is 8.14. The standard InChI is InChI=1S/C23H25N5O5S.C21H20ClN5O3.C8H18N2/c1-6-33-19-12-7-9-15(24-19)23-25-22-20(14(2)16(26-27-22)13-34(5,29)30)28(23)21-17(31-3)10-8-11-18(21)32-4;1-5-30-16-11-6-8-13(23-16)21-24-20-17(12(2)19(22)25-26-20)27(21)18-14(28-3)9-7-10-15(18)29-4;1-9-7-5-3-4-6-8(7)10-2/h7-12H,6,13H2,1-5H3;6-11H,5H2,1-4H3;7-10H,3-6H2,1-2H3/t;;7-,8-/m..1/s1. The number of halogens is 1. The SMILES string of the molecule is CCOc1cccc(-c2nc3nnc(CS(C)(=O)=O)c(C)c3n2-c2c(OC)cccc2OC)n1.CCOc1cccc(-c2nc3nnc(Cl)c(C)c3n2-c2c(OC)cccc2OC)n1.CN[C@@H]1CCCC[C@H]1NC. The van der Waals surface area contributed by atoms with Gasteiger partial charge in [-0.05, 0) is 91.0 Å². The Kier molecular flexibility index (Phi) is 18.2. The number of para-hydroxylation sites is 2. The lowest BCUT2D eigenvalue weighted by Crippen LogP contribution is -2.47. The first kappa shape index (κ1) is 54.6. The fourth-order valence-electron chi connectivity index (χ4n) is 8.84. The number of benzene rings is 2. The van der Waals surface area contributed by atoms with Gasteiger partial charge in [-0.2, -0.15) is 5.10 Å². The lowest BCUT2D eigenvalue weighted by atomic mass is 9.91. The molecule has 22 heteroatoms. The third-order valence-electron chi connectivity index (χ3n) is 12.3. The molecule has 0 aliphatic heterocycles. The monoisotopic (exact) mass is 1050 g/mol. The molecule has 20 nitrogen and oxygen atoms in total. The number of aryl methyl sites for hydroxylation is 2.